The highest BCUT2D eigenvalue weighted by Crippen LogP contribution is 2.28. The molecule has 1 aromatic rings. The summed E-state index contributed by atoms with van der Waals surface area (Å²) in [6.45, 7) is 1.20. The van der Waals surface area contributed by atoms with Crippen LogP contribution < -0.4 is 0 Å². The van der Waals surface area contributed by atoms with E-state index < -0.39 is 61.4 Å². The summed E-state index contributed by atoms with van der Waals surface area (Å²) in [5, 5.41) is 59.7. The molecule has 10 nitrogen and oxygen atoms in total. The van der Waals surface area contributed by atoms with Gasteiger partial charge in [-0.3, -0.25) is 0 Å². The van der Waals surface area contributed by atoms with Crippen LogP contribution in [-0.2, 0) is 18.9 Å². The van der Waals surface area contributed by atoms with Crippen LogP contribution in [0.3, 0.4) is 0 Å². The van der Waals surface area contributed by atoms with E-state index in [1.807, 2.05) is 30.3 Å². The minimum Gasteiger partial charge on any atom is -0.388 e. The first-order valence-corrected chi connectivity index (χ1v) is 9.47. The van der Waals surface area contributed by atoms with Gasteiger partial charge in [0, 0.05) is 0 Å². The third-order valence-electron chi connectivity index (χ3n) is 5.15. The second-order valence-electron chi connectivity index (χ2n) is 7.29. The number of benzene rings is 1. The summed E-state index contributed by atoms with van der Waals surface area (Å²) in [6.07, 6.45) is -12.7. The molecule has 0 bridgehead atoms. The van der Waals surface area contributed by atoms with Crippen molar-refractivity contribution in [3.63, 3.8) is 0 Å². The van der Waals surface area contributed by atoms with Crippen LogP contribution in [0.4, 0.5) is 0 Å². The molecule has 2 saturated heterocycles. The van der Waals surface area contributed by atoms with Gasteiger partial charge >= 0.3 is 0 Å². The molecule has 2 heterocycles. The normalized spacial score (nSPS) is 41.8. The van der Waals surface area contributed by atoms with Crippen LogP contribution in [0, 0.1) is 0 Å². The fraction of sp³-hybridized carbons (Fsp3) is 0.684. The van der Waals surface area contributed by atoms with Gasteiger partial charge in [0.25, 0.3) is 0 Å². The summed E-state index contributed by atoms with van der Waals surface area (Å²) < 4.78 is 21.8. The van der Waals surface area contributed by atoms with Crippen molar-refractivity contribution in [1.82, 2.24) is 0 Å². The first-order chi connectivity index (χ1) is 13.8. The van der Waals surface area contributed by atoms with Gasteiger partial charge in [-0.15, -0.1) is 0 Å². The smallest absolute Gasteiger partial charge is 0.187 e. The topological polar surface area (TPSA) is 158 Å². The molecule has 0 unspecified atom stereocenters. The quantitative estimate of drug-likeness (QED) is 0.307. The highest BCUT2D eigenvalue weighted by Gasteiger charge is 2.46. The van der Waals surface area contributed by atoms with Crippen LogP contribution in [0.1, 0.15) is 18.6 Å². The van der Waals surface area contributed by atoms with Crippen molar-refractivity contribution in [1.29, 1.82) is 0 Å². The van der Waals surface area contributed by atoms with Crippen molar-refractivity contribution in [2.24, 2.45) is 0 Å². The summed E-state index contributed by atoms with van der Waals surface area (Å²) in [4.78, 5) is 0. The second-order valence-corrected chi connectivity index (χ2v) is 7.29. The van der Waals surface area contributed by atoms with E-state index in [1.54, 1.807) is 6.92 Å². The monoisotopic (exact) mass is 416 g/mol. The molecule has 2 aliphatic rings. The van der Waals surface area contributed by atoms with E-state index in [2.05, 4.69) is 0 Å². The van der Waals surface area contributed by atoms with Gasteiger partial charge in [0.05, 0.1) is 19.3 Å². The molecule has 0 amide bonds. The third-order valence-corrected chi connectivity index (χ3v) is 5.15. The Labute approximate surface area is 167 Å². The Hall–Kier alpha value is -1.18. The first kappa shape index (κ1) is 22.5. The van der Waals surface area contributed by atoms with Crippen LogP contribution in [-0.4, -0.2) is 99.2 Å². The average Bonchev–Trinajstić information content (AvgIpc) is 2.73. The maximum atomic E-state index is 10.2. The van der Waals surface area contributed by atoms with Crippen molar-refractivity contribution in [3.05, 3.63) is 35.9 Å². The summed E-state index contributed by atoms with van der Waals surface area (Å²) in [6, 6.07) is 9.21. The molecule has 3 rings (SSSR count). The van der Waals surface area contributed by atoms with Crippen LogP contribution >= 0.6 is 0 Å². The largest absolute Gasteiger partial charge is 0.388 e. The van der Waals surface area contributed by atoms with Crippen LogP contribution in [0.25, 0.3) is 0 Å². The molecule has 164 valence electrons. The van der Waals surface area contributed by atoms with Gasteiger partial charge in [0.15, 0.2) is 12.6 Å². The lowest BCUT2D eigenvalue weighted by Gasteiger charge is -2.42. The second kappa shape index (κ2) is 9.75. The summed E-state index contributed by atoms with van der Waals surface area (Å²) in [7, 11) is 0. The highest BCUT2D eigenvalue weighted by atomic mass is 16.7. The number of rotatable bonds is 6. The molecule has 2 aliphatic heterocycles. The van der Waals surface area contributed by atoms with Crippen molar-refractivity contribution in [2.45, 2.75) is 68.3 Å². The predicted octanol–water partition coefficient (Wildman–Crippen LogP) is -1.97. The Kier molecular flexibility index (Phi) is 7.57. The lowest BCUT2D eigenvalue weighted by molar-refractivity contribution is -0.327. The van der Waals surface area contributed by atoms with E-state index in [0.29, 0.717) is 0 Å². The molecular weight excluding hydrogens is 388 g/mol. The van der Waals surface area contributed by atoms with Crippen molar-refractivity contribution in [2.75, 3.05) is 13.2 Å². The summed E-state index contributed by atoms with van der Waals surface area (Å²) in [5.74, 6) is 0. The molecule has 0 saturated carbocycles. The molecular formula is C19H28O10. The van der Waals surface area contributed by atoms with Gasteiger partial charge in [0.1, 0.15) is 42.7 Å². The fourth-order valence-electron chi connectivity index (χ4n) is 3.29. The van der Waals surface area contributed by atoms with Gasteiger partial charge in [-0.1, -0.05) is 30.3 Å². The number of aliphatic hydroxyl groups is 6. The van der Waals surface area contributed by atoms with Gasteiger partial charge in [-0.2, -0.15) is 0 Å². The third kappa shape index (κ3) is 5.12. The molecule has 0 aromatic heterocycles. The number of hydrogen-bond donors (Lipinski definition) is 6. The standard InChI is InChI=1S/C19H28O10/c1-9(10-5-3-2-4-6-10)28-19-17(25)15(23)14(22)12(29-19)8-27-18-16(24)13(21)11(20)7-26-18/h2-6,9,11-25H,7-8H2,1H3/t9-,11-,12+,13-,14+,15-,16+,17+,18-,19+/m0/s1. The lowest BCUT2D eigenvalue weighted by atomic mass is 9.99. The van der Waals surface area contributed by atoms with Crippen LogP contribution in [0.15, 0.2) is 30.3 Å². The van der Waals surface area contributed by atoms with E-state index >= 15 is 0 Å². The van der Waals surface area contributed by atoms with Crippen LogP contribution in [0.5, 0.6) is 0 Å². The molecule has 1 aromatic carbocycles. The Morgan fingerprint density at radius 3 is 2.24 bits per heavy atom. The molecule has 6 N–H and O–H groups in total. The zero-order valence-electron chi connectivity index (χ0n) is 15.9. The zero-order chi connectivity index (χ0) is 21.1. The molecule has 0 radical (unpaired) electrons. The maximum Gasteiger partial charge on any atom is 0.187 e. The molecule has 2 fully saturated rings. The summed E-state index contributed by atoms with van der Waals surface area (Å²) >= 11 is 0. The lowest BCUT2D eigenvalue weighted by Crippen LogP contribution is -2.60. The molecule has 10 heteroatoms. The molecule has 29 heavy (non-hydrogen) atoms. The minimum atomic E-state index is -1.55. The first-order valence-electron chi connectivity index (χ1n) is 9.47. The van der Waals surface area contributed by atoms with E-state index in [0.717, 1.165) is 5.56 Å². The number of aliphatic hydroxyl groups excluding tert-OH is 6. The van der Waals surface area contributed by atoms with E-state index in [9.17, 15) is 30.6 Å². The Bertz CT molecular complexity index is 631. The van der Waals surface area contributed by atoms with Crippen molar-refractivity contribution in [3.8, 4) is 0 Å². The molecule has 0 spiro atoms. The van der Waals surface area contributed by atoms with Crippen molar-refractivity contribution < 1.29 is 49.6 Å². The fourth-order valence-corrected chi connectivity index (χ4v) is 3.29. The Balaban J connectivity index is 1.60. The number of hydrogen-bond acceptors (Lipinski definition) is 10. The maximum absolute atomic E-state index is 10.2. The Morgan fingerprint density at radius 1 is 0.897 bits per heavy atom. The van der Waals surface area contributed by atoms with Crippen LogP contribution in [0.2, 0.25) is 0 Å². The van der Waals surface area contributed by atoms with Gasteiger partial charge in [0.2, 0.25) is 0 Å². The minimum absolute atomic E-state index is 0.237. The van der Waals surface area contributed by atoms with E-state index in [-0.39, 0.29) is 13.2 Å². The number of ether oxygens (including phenoxy) is 4. The van der Waals surface area contributed by atoms with Gasteiger partial charge in [-0.25, -0.2) is 0 Å². The van der Waals surface area contributed by atoms with Crippen molar-refractivity contribution >= 4 is 0 Å². The predicted molar refractivity (Wildman–Crippen MR) is 96.3 cm³/mol. The summed E-state index contributed by atoms with van der Waals surface area (Å²) in [5.41, 5.74) is 0.836. The highest BCUT2D eigenvalue weighted by molar-refractivity contribution is 5.16. The molecule has 10 atom stereocenters. The van der Waals surface area contributed by atoms with E-state index in [1.165, 1.54) is 0 Å². The Morgan fingerprint density at radius 2 is 1.55 bits per heavy atom. The van der Waals surface area contributed by atoms with Gasteiger partial charge in [-0.05, 0) is 12.5 Å². The molecule has 0 aliphatic carbocycles. The van der Waals surface area contributed by atoms with E-state index in [4.69, 9.17) is 18.9 Å². The zero-order valence-corrected chi connectivity index (χ0v) is 15.9. The average molecular weight is 416 g/mol. The van der Waals surface area contributed by atoms with Gasteiger partial charge < -0.3 is 49.6 Å². The SMILES string of the molecule is C[C@H](O[C@@H]1O[C@H](CO[C@@H]2OC[C@H](O)[C@H](O)[C@H]2O)[C@@H](O)[C@H](O)[C@H]1O)c1ccccc1.